The molecule has 2 aliphatic heterocycles. The fourth-order valence-corrected chi connectivity index (χ4v) is 4.77. The summed E-state index contributed by atoms with van der Waals surface area (Å²) in [5.74, 6) is 0.164. The normalized spacial score (nSPS) is 22.8. The van der Waals surface area contributed by atoms with Crippen LogP contribution in [0.25, 0.3) is 0 Å². The smallest absolute Gasteiger partial charge is 0.251 e. The Morgan fingerprint density at radius 2 is 2.04 bits per heavy atom. The van der Waals surface area contributed by atoms with Crippen LogP contribution in [0.1, 0.15) is 29.6 Å². The minimum absolute atomic E-state index is 0.124. The monoisotopic (exact) mass is 367 g/mol. The zero-order valence-corrected chi connectivity index (χ0v) is 15.0. The Balaban J connectivity index is 1.67. The van der Waals surface area contributed by atoms with E-state index in [0.29, 0.717) is 37.5 Å². The van der Waals surface area contributed by atoms with Crippen molar-refractivity contribution in [3.63, 3.8) is 0 Å². The minimum Gasteiger partial charge on any atom is -0.381 e. The van der Waals surface area contributed by atoms with Gasteiger partial charge in [-0.15, -0.1) is 0 Å². The second kappa shape index (κ2) is 7.82. The maximum absolute atomic E-state index is 12.7. The van der Waals surface area contributed by atoms with E-state index >= 15 is 0 Å². The number of amides is 1. The molecule has 25 heavy (non-hydrogen) atoms. The number of benzene rings is 1. The van der Waals surface area contributed by atoms with Crippen molar-refractivity contribution < 1.29 is 17.9 Å². The van der Waals surface area contributed by atoms with Gasteiger partial charge in [-0.25, -0.2) is 8.42 Å². The van der Waals surface area contributed by atoms with Crippen molar-refractivity contribution in [2.45, 2.75) is 30.2 Å². The molecule has 2 saturated heterocycles. The van der Waals surface area contributed by atoms with Crippen molar-refractivity contribution in [2.24, 2.45) is 11.7 Å². The van der Waals surface area contributed by atoms with Gasteiger partial charge in [-0.3, -0.25) is 4.79 Å². The highest BCUT2D eigenvalue weighted by Crippen LogP contribution is 2.21. The Hall–Kier alpha value is -1.48. The highest BCUT2D eigenvalue weighted by molar-refractivity contribution is 7.89. The molecule has 2 heterocycles. The molecule has 2 fully saturated rings. The maximum atomic E-state index is 12.7. The third-order valence-electron chi connectivity index (χ3n) is 4.81. The summed E-state index contributed by atoms with van der Waals surface area (Å²) in [5.41, 5.74) is 6.17. The summed E-state index contributed by atoms with van der Waals surface area (Å²) in [6, 6.07) is 6.08. The van der Waals surface area contributed by atoms with Crippen molar-refractivity contribution >= 4 is 15.9 Å². The van der Waals surface area contributed by atoms with Crippen LogP contribution in [-0.4, -0.2) is 57.5 Å². The number of ether oxygens (including phenoxy) is 1. The lowest BCUT2D eigenvalue weighted by atomic mass is 10.0. The Bertz CT molecular complexity index is 716. The molecular weight excluding hydrogens is 342 g/mol. The lowest BCUT2D eigenvalue weighted by Gasteiger charge is -2.22. The zero-order valence-electron chi connectivity index (χ0n) is 14.2. The van der Waals surface area contributed by atoms with Crippen molar-refractivity contribution in [3.05, 3.63) is 29.8 Å². The molecule has 8 heteroatoms. The van der Waals surface area contributed by atoms with E-state index in [1.165, 1.54) is 16.4 Å². The highest BCUT2D eigenvalue weighted by atomic mass is 32.2. The summed E-state index contributed by atoms with van der Waals surface area (Å²) in [6.07, 6.45) is 2.53. The average molecular weight is 367 g/mol. The number of nitrogens with zero attached hydrogens (tertiary/aromatic N) is 1. The molecule has 3 rings (SSSR count). The summed E-state index contributed by atoms with van der Waals surface area (Å²) < 4.78 is 32.1. The summed E-state index contributed by atoms with van der Waals surface area (Å²) in [5, 5.41) is 2.90. The van der Waals surface area contributed by atoms with Gasteiger partial charge in [0.25, 0.3) is 5.91 Å². The van der Waals surface area contributed by atoms with E-state index in [9.17, 15) is 13.2 Å². The van der Waals surface area contributed by atoms with Gasteiger partial charge in [0.15, 0.2) is 0 Å². The van der Waals surface area contributed by atoms with Crippen molar-refractivity contribution in [2.75, 3.05) is 32.8 Å². The van der Waals surface area contributed by atoms with Gasteiger partial charge < -0.3 is 15.8 Å². The van der Waals surface area contributed by atoms with Crippen LogP contribution in [0.4, 0.5) is 0 Å². The van der Waals surface area contributed by atoms with Crippen LogP contribution in [0, 0.1) is 5.92 Å². The lowest BCUT2D eigenvalue weighted by Crippen LogP contribution is -2.33. The molecule has 3 N–H and O–H groups in total. The molecule has 2 aliphatic rings. The van der Waals surface area contributed by atoms with Crippen LogP contribution in [0.15, 0.2) is 29.2 Å². The molecule has 1 aromatic rings. The van der Waals surface area contributed by atoms with Gasteiger partial charge >= 0.3 is 0 Å². The maximum Gasteiger partial charge on any atom is 0.251 e. The van der Waals surface area contributed by atoms with Crippen LogP contribution in [-0.2, 0) is 14.8 Å². The first kappa shape index (κ1) is 18.3. The van der Waals surface area contributed by atoms with Crippen molar-refractivity contribution in [3.8, 4) is 0 Å². The summed E-state index contributed by atoms with van der Waals surface area (Å²) in [4.78, 5) is 12.5. The topological polar surface area (TPSA) is 102 Å². The third kappa shape index (κ3) is 4.38. The summed E-state index contributed by atoms with van der Waals surface area (Å²) in [7, 11) is -3.61. The van der Waals surface area contributed by atoms with E-state index < -0.39 is 10.0 Å². The highest BCUT2D eigenvalue weighted by Gasteiger charge is 2.31. The number of sulfonamides is 1. The Morgan fingerprint density at radius 3 is 2.72 bits per heavy atom. The minimum atomic E-state index is -3.61. The molecule has 0 bridgehead atoms. The van der Waals surface area contributed by atoms with E-state index in [1.54, 1.807) is 12.1 Å². The number of hydrogen-bond acceptors (Lipinski definition) is 5. The number of nitrogens with two attached hydrogens (primary N) is 1. The molecular formula is C17H25N3O4S. The number of hydrogen-bond donors (Lipinski definition) is 2. The number of carbonyl (C=O) groups is 1. The molecule has 1 aromatic carbocycles. The van der Waals surface area contributed by atoms with Crippen molar-refractivity contribution in [1.29, 1.82) is 0 Å². The van der Waals surface area contributed by atoms with Gasteiger partial charge in [0.05, 0.1) is 4.90 Å². The van der Waals surface area contributed by atoms with Crippen LogP contribution >= 0.6 is 0 Å². The predicted octanol–water partition coefficient (Wildman–Crippen LogP) is 0.565. The van der Waals surface area contributed by atoms with E-state index in [0.717, 1.165) is 26.1 Å². The van der Waals surface area contributed by atoms with Gasteiger partial charge in [-0.05, 0) is 43.4 Å². The molecule has 0 aromatic heterocycles. The van der Waals surface area contributed by atoms with E-state index in [1.807, 2.05) is 0 Å². The molecule has 0 unspecified atom stereocenters. The molecule has 1 atom stereocenters. The fourth-order valence-electron chi connectivity index (χ4n) is 3.21. The van der Waals surface area contributed by atoms with Gasteiger partial charge in [-0.2, -0.15) is 4.31 Å². The largest absolute Gasteiger partial charge is 0.381 e. The Morgan fingerprint density at radius 1 is 1.28 bits per heavy atom. The molecule has 7 nitrogen and oxygen atoms in total. The zero-order chi connectivity index (χ0) is 17.9. The van der Waals surface area contributed by atoms with Crippen molar-refractivity contribution in [1.82, 2.24) is 9.62 Å². The average Bonchev–Trinajstić information content (AvgIpc) is 3.08. The van der Waals surface area contributed by atoms with E-state index in [2.05, 4.69) is 5.32 Å². The van der Waals surface area contributed by atoms with E-state index in [4.69, 9.17) is 10.5 Å². The Labute approximate surface area is 148 Å². The van der Waals surface area contributed by atoms with Crippen LogP contribution in [0.5, 0.6) is 0 Å². The molecule has 0 spiro atoms. The summed E-state index contributed by atoms with van der Waals surface area (Å²) >= 11 is 0. The molecule has 1 amide bonds. The number of nitrogens with one attached hydrogen (secondary N) is 1. The number of carbonyl (C=O) groups excluding carboxylic acids is 1. The standard InChI is InChI=1S/C17H25N3O4S/c18-15-4-7-20(12-15)25(22,23)16-3-1-2-14(10-16)17(21)19-11-13-5-8-24-9-6-13/h1-3,10,13,15H,4-9,11-12,18H2,(H,19,21)/t15-/m0/s1. The van der Waals surface area contributed by atoms with Gasteiger partial charge in [0.2, 0.25) is 10.0 Å². The van der Waals surface area contributed by atoms with Gasteiger partial charge in [0, 0.05) is 44.5 Å². The second-order valence-electron chi connectivity index (χ2n) is 6.71. The van der Waals surface area contributed by atoms with E-state index in [-0.39, 0.29) is 16.8 Å². The SMILES string of the molecule is N[C@H]1CCN(S(=O)(=O)c2cccc(C(=O)NCC3CCOCC3)c2)C1. The van der Waals surface area contributed by atoms with Gasteiger partial charge in [-0.1, -0.05) is 6.07 Å². The first-order valence-electron chi connectivity index (χ1n) is 8.68. The third-order valence-corrected chi connectivity index (χ3v) is 6.67. The van der Waals surface area contributed by atoms with Crippen LogP contribution in [0.2, 0.25) is 0 Å². The first-order valence-corrected chi connectivity index (χ1v) is 10.1. The second-order valence-corrected chi connectivity index (χ2v) is 8.64. The quantitative estimate of drug-likeness (QED) is 0.792. The lowest BCUT2D eigenvalue weighted by molar-refractivity contribution is 0.0642. The molecule has 0 saturated carbocycles. The number of rotatable bonds is 5. The van der Waals surface area contributed by atoms with Gasteiger partial charge in [0.1, 0.15) is 0 Å². The fraction of sp³-hybridized carbons (Fsp3) is 0.588. The first-order chi connectivity index (χ1) is 12.0. The Kier molecular flexibility index (Phi) is 5.73. The predicted molar refractivity (Wildman–Crippen MR) is 93.7 cm³/mol. The molecule has 0 aliphatic carbocycles. The molecule has 138 valence electrons. The van der Waals surface area contributed by atoms with Crippen LogP contribution < -0.4 is 11.1 Å². The molecule has 0 radical (unpaired) electrons. The van der Waals surface area contributed by atoms with Crippen LogP contribution in [0.3, 0.4) is 0 Å². The summed E-state index contributed by atoms with van der Waals surface area (Å²) in [6.45, 7) is 2.78.